The van der Waals surface area contributed by atoms with Crippen LogP contribution in [0.3, 0.4) is 0 Å². The highest BCUT2D eigenvalue weighted by Gasteiger charge is 2.23. The molecule has 8 heteroatoms. The zero-order chi connectivity index (χ0) is 24.2. The van der Waals surface area contributed by atoms with Gasteiger partial charge in [-0.05, 0) is 62.0 Å². The van der Waals surface area contributed by atoms with Gasteiger partial charge >= 0.3 is 0 Å². The molecule has 0 saturated heterocycles. The largest absolute Gasteiger partial charge is 0.326 e. The van der Waals surface area contributed by atoms with Crippen molar-refractivity contribution in [2.24, 2.45) is 0 Å². The van der Waals surface area contributed by atoms with E-state index in [-0.39, 0.29) is 24.4 Å². The lowest BCUT2D eigenvalue weighted by Crippen LogP contribution is -2.42. The SMILES string of the molecule is Cc1cccc(-n2cc(-c3ccc(Cl)cc3)nc2NC(=O)CN(C(=O)c2cccs2)C(C)C)c1. The second kappa shape index (κ2) is 10.2. The van der Waals surface area contributed by atoms with E-state index in [1.54, 1.807) is 23.1 Å². The number of carbonyl (C=O) groups is 2. The minimum absolute atomic E-state index is 0.0780. The first kappa shape index (κ1) is 23.7. The third kappa shape index (κ3) is 5.38. The summed E-state index contributed by atoms with van der Waals surface area (Å²) >= 11 is 7.40. The molecule has 0 aliphatic carbocycles. The topological polar surface area (TPSA) is 67.2 Å². The van der Waals surface area contributed by atoms with Gasteiger partial charge in [0.1, 0.15) is 6.54 Å². The predicted molar refractivity (Wildman–Crippen MR) is 138 cm³/mol. The van der Waals surface area contributed by atoms with Gasteiger partial charge in [-0.1, -0.05) is 41.9 Å². The van der Waals surface area contributed by atoms with E-state index in [0.29, 0.717) is 21.5 Å². The summed E-state index contributed by atoms with van der Waals surface area (Å²) in [6, 6.07) is 18.8. The van der Waals surface area contributed by atoms with Gasteiger partial charge in [0, 0.05) is 28.5 Å². The van der Waals surface area contributed by atoms with E-state index in [0.717, 1.165) is 16.8 Å². The van der Waals surface area contributed by atoms with Crippen LogP contribution in [0.2, 0.25) is 5.02 Å². The first-order valence-electron chi connectivity index (χ1n) is 10.9. The third-order valence-corrected chi connectivity index (χ3v) is 6.42. The first-order chi connectivity index (χ1) is 16.3. The lowest BCUT2D eigenvalue weighted by atomic mass is 10.2. The van der Waals surface area contributed by atoms with Gasteiger partial charge in [-0.2, -0.15) is 0 Å². The Morgan fingerprint density at radius 3 is 2.53 bits per heavy atom. The molecule has 2 heterocycles. The zero-order valence-electron chi connectivity index (χ0n) is 19.2. The molecule has 0 aliphatic rings. The second-order valence-corrected chi connectivity index (χ2v) is 9.60. The minimum atomic E-state index is -0.319. The number of nitrogens with zero attached hydrogens (tertiary/aromatic N) is 3. The molecule has 0 bridgehead atoms. The fourth-order valence-electron chi connectivity index (χ4n) is 3.55. The van der Waals surface area contributed by atoms with Crippen LogP contribution in [0.15, 0.2) is 72.2 Å². The number of anilines is 1. The molecule has 0 aliphatic heterocycles. The summed E-state index contributed by atoms with van der Waals surface area (Å²) in [5.41, 5.74) is 3.54. The molecule has 6 nitrogen and oxygen atoms in total. The highest BCUT2D eigenvalue weighted by molar-refractivity contribution is 7.12. The number of rotatable bonds is 7. The van der Waals surface area contributed by atoms with Crippen molar-refractivity contribution in [3.05, 3.63) is 87.7 Å². The van der Waals surface area contributed by atoms with Gasteiger partial charge in [-0.15, -0.1) is 11.3 Å². The first-order valence-corrected chi connectivity index (χ1v) is 12.1. The maximum Gasteiger partial charge on any atom is 0.264 e. The summed E-state index contributed by atoms with van der Waals surface area (Å²) in [6.07, 6.45) is 1.88. The van der Waals surface area contributed by atoms with Crippen LogP contribution in [-0.2, 0) is 4.79 Å². The fourth-order valence-corrected chi connectivity index (χ4v) is 4.36. The van der Waals surface area contributed by atoms with Crippen LogP contribution in [0.25, 0.3) is 16.9 Å². The van der Waals surface area contributed by atoms with Crippen molar-refractivity contribution in [1.82, 2.24) is 14.5 Å². The zero-order valence-corrected chi connectivity index (χ0v) is 20.7. The van der Waals surface area contributed by atoms with Crippen molar-refractivity contribution in [1.29, 1.82) is 0 Å². The Kier molecular flexibility index (Phi) is 7.14. The number of imidazole rings is 1. The number of hydrogen-bond acceptors (Lipinski definition) is 4. The van der Waals surface area contributed by atoms with Crippen molar-refractivity contribution < 1.29 is 9.59 Å². The lowest BCUT2D eigenvalue weighted by molar-refractivity contribution is -0.117. The predicted octanol–water partition coefficient (Wildman–Crippen LogP) is 6.05. The van der Waals surface area contributed by atoms with Crippen LogP contribution < -0.4 is 5.32 Å². The number of benzene rings is 2. The Labute approximate surface area is 207 Å². The van der Waals surface area contributed by atoms with Crippen molar-refractivity contribution >= 4 is 40.7 Å². The molecule has 174 valence electrons. The number of halogens is 1. The molecule has 0 unspecified atom stereocenters. The number of carbonyl (C=O) groups excluding carboxylic acids is 2. The third-order valence-electron chi connectivity index (χ3n) is 5.31. The monoisotopic (exact) mass is 492 g/mol. The molecule has 2 aromatic carbocycles. The van der Waals surface area contributed by atoms with E-state index in [9.17, 15) is 9.59 Å². The summed E-state index contributed by atoms with van der Waals surface area (Å²) < 4.78 is 1.84. The molecule has 0 fully saturated rings. The van der Waals surface area contributed by atoms with Gasteiger partial charge in [0.05, 0.1) is 10.6 Å². The maximum atomic E-state index is 13.1. The molecule has 2 amide bonds. The number of hydrogen-bond donors (Lipinski definition) is 1. The van der Waals surface area contributed by atoms with Gasteiger partial charge in [-0.25, -0.2) is 4.98 Å². The van der Waals surface area contributed by atoms with Gasteiger partial charge in [-0.3, -0.25) is 19.5 Å². The summed E-state index contributed by atoms with van der Waals surface area (Å²) in [4.78, 5) is 32.8. The summed E-state index contributed by atoms with van der Waals surface area (Å²) in [5.74, 6) is -0.0994. The molecule has 2 aromatic heterocycles. The maximum absolute atomic E-state index is 13.1. The van der Waals surface area contributed by atoms with Crippen LogP contribution in [0.1, 0.15) is 29.1 Å². The summed E-state index contributed by atoms with van der Waals surface area (Å²) in [7, 11) is 0. The fraction of sp³-hybridized carbons (Fsp3) is 0.192. The van der Waals surface area contributed by atoms with Crippen LogP contribution in [0.5, 0.6) is 0 Å². The highest BCUT2D eigenvalue weighted by atomic mass is 35.5. The van der Waals surface area contributed by atoms with Gasteiger partial charge in [0.15, 0.2) is 0 Å². The highest BCUT2D eigenvalue weighted by Crippen LogP contribution is 2.26. The number of aromatic nitrogens is 2. The smallest absolute Gasteiger partial charge is 0.264 e. The molecule has 4 aromatic rings. The van der Waals surface area contributed by atoms with E-state index < -0.39 is 0 Å². The Morgan fingerprint density at radius 2 is 1.88 bits per heavy atom. The minimum Gasteiger partial charge on any atom is -0.326 e. The van der Waals surface area contributed by atoms with Crippen molar-refractivity contribution in [2.75, 3.05) is 11.9 Å². The van der Waals surface area contributed by atoms with Gasteiger partial charge in [0.25, 0.3) is 5.91 Å². The van der Waals surface area contributed by atoms with Gasteiger partial charge in [0.2, 0.25) is 11.9 Å². The van der Waals surface area contributed by atoms with Crippen molar-refractivity contribution in [2.45, 2.75) is 26.8 Å². The number of thiophene rings is 1. The van der Waals surface area contributed by atoms with E-state index in [1.807, 2.05) is 79.4 Å². The molecule has 0 radical (unpaired) electrons. The average molecular weight is 493 g/mol. The summed E-state index contributed by atoms with van der Waals surface area (Å²) in [6.45, 7) is 5.72. The average Bonchev–Trinajstić information content (AvgIpc) is 3.48. The van der Waals surface area contributed by atoms with E-state index in [2.05, 4.69) is 10.3 Å². The van der Waals surface area contributed by atoms with Crippen LogP contribution in [0, 0.1) is 6.92 Å². The molecule has 0 spiro atoms. The molecule has 34 heavy (non-hydrogen) atoms. The van der Waals surface area contributed by atoms with Crippen LogP contribution >= 0.6 is 22.9 Å². The van der Waals surface area contributed by atoms with E-state index >= 15 is 0 Å². The Bertz CT molecular complexity index is 1300. The van der Waals surface area contributed by atoms with Crippen LogP contribution in [0.4, 0.5) is 5.95 Å². The molecular formula is C26H25ClN4O2S. The summed E-state index contributed by atoms with van der Waals surface area (Å²) in [5, 5.41) is 5.40. The molecular weight excluding hydrogens is 468 g/mol. The van der Waals surface area contributed by atoms with E-state index in [4.69, 9.17) is 11.6 Å². The molecule has 0 saturated carbocycles. The Hall–Kier alpha value is -3.42. The standard InChI is InChI=1S/C26H25ClN4O2S/c1-17(2)30(25(33)23-8-5-13-34-23)16-24(32)29-26-28-22(19-9-11-20(27)12-10-19)15-31(26)21-7-4-6-18(3)14-21/h4-15,17H,16H2,1-3H3,(H,28,29,32). The number of aryl methyl sites for hydroxylation is 1. The number of nitrogens with one attached hydrogen (secondary N) is 1. The Morgan fingerprint density at radius 1 is 1.12 bits per heavy atom. The van der Waals surface area contributed by atoms with E-state index in [1.165, 1.54) is 11.3 Å². The second-order valence-electron chi connectivity index (χ2n) is 8.22. The van der Waals surface area contributed by atoms with Crippen molar-refractivity contribution in [3.63, 3.8) is 0 Å². The normalized spacial score (nSPS) is 11.0. The molecule has 4 rings (SSSR count). The molecule has 1 N–H and O–H groups in total. The van der Waals surface area contributed by atoms with Gasteiger partial charge < -0.3 is 4.90 Å². The van der Waals surface area contributed by atoms with Crippen molar-refractivity contribution in [3.8, 4) is 16.9 Å². The lowest BCUT2D eigenvalue weighted by Gasteiger charge is -2.25. The molecule has 0 atom stereocenters. The Balaban J connectivity index is 1.63. The van der Waals surface area contributed by atoms with Crippen LogP contribution in [-0.4, -0.2) is 38.9 Å². The quantitative estimate of drug-likeness (QED) is 0.341. The number of amides is 2.